The minimum Gasteiger partial charge on any atom is -0.506 e. The summed E-state index contributed by atoms with van der Waals surface area (Å²) in [5.74, 6) is 1.44. The second kappa shape index (κ2) is 7.63. The van der Waals surface area contributed by atoms with Crippen molar-refractivity contribution in [1.82, 2.24) is 0 Å². The number of nitrogens with zero attached hydrogens (tertiary/aromatic N) is 2. The third-order valence-corrected chi connectivity index (χ3v) is 5.41. The van der Waals surface area contributed by atoms with Crippen LogP contribution in [0.2, 0.25) is 0 Å². The quantitative estimate of drug-likeness (QED) is 0.695. The predicted octanol–water partition coefficient (Wildman–Crippen LogP) is 5.65. The SMILES string of the molecule is CCCN1c2cc(OC)c(C=Nc3ccccc3O)cc2C(C)CC1(C)C. The Morgan fingerprint density at radius 3 is 2.70 bits per heavy atom. The highest BCUT2D eigenvalue weighted by molar-refractivity contribution is 5.88. The molecule has 2 aromatic rings. The Hall–Kier alpha value is -2.49. The maximum Gasteiger partial charge on any atom is 0.141 e. The van der Waals surface area contributed by atoms with Crippen molar-refractivity contribution in [2.24, 2.45) is 4.99 Å². The van der Waals surface area contributed by atoms with Crippen molar-refractivity contribution in [1.29, 1.82) is 0 Å². The zero-order chi connectivity index (χ0) is 19.6. The van der Waals surface area contributed by atoms with E-state index in [1.807, 2.05) is 6.07 Å². The lowest BCUT2D eigenvalue weighted by atomic mass is 9.79. The highest BCUT2D eigenvalue weighted by atomic mass is 16.5. The average Bonchev–Trinajstić information content (AvgIpc) is 2.63. The van der Waals surface area contributed by atoms with Gasteiger partial charge in [0.2, 0.25) is 0 Å². The zero-order valence-corrected chi connectivity index (χ0v) is 17.0. The van der Waals surface area contributed by atoms with E-state index in [-0.39, 0.29) is 11.3 Å². The van der Waals surface area contributed by atoms with Crippen LogP contribution in [0.5, 0.6) is 11.5 Å². The number of aromatic hydroxyl groups is 1. The van der Waals surface area contributed by atoms with Gasteiger partial charge in [-0.25, -0.2) is 0 Å². The van der Waals surface area contributed by atoms with Crippen LogP contribution in [-0.4, -0.2) is 30.5 Å². The largest absolute Gasteiger partial charge is 0.506 e. The summed E-state index contributed by atoms with van der Waals surface area (Å²) in [4.78, 5) is 6.98. The average molecular weight is 367 g/mol. The lowest BCUT2D eigenvalue weighted by Crippen LogP contribution is -2.48. The van der Waals surface area contributed by atoms with Crippen molar-refractivity contribution in [2.75, 3.05) is 18.6 Å². The number of phenols is 1. The molecule has 1 N–H and O–H groups in total. The van der Waals surface area contributed by atoms with Gasteiger partial charge in [-0.1, -0.05) is 26.0 Å². The van der Waals surface area contributed by atoms with Crippen molar-refractivity contribution in [3.63, 3.8) is 0 Å². The normalized spacial score (nSPS) is 18.6. The summed E-state index contributed by atoms with van der Waals surface area (Å²) in [6.07, 6.45) is 4.00. The number of ether oxygens (including phenoxy) is 1. The molecule has 3 rings (SSSR count). The second-order valence-corrected chi connectivity index (χ2v) is 7.97. The number of rotatable bonds is 5. The molecule has 0 aromatic heterocycles. The molecule has 1 atom stereocenters. The van der Waals surface area contributed by atoms with Crippen molar-refractivity contribution in [2.45, 2.75) is 52.0 Å². The first-order valence-electron chi connectivity index (χ1n) is 9.69. The molecule has 2 aromatic carbocycles. The number of hydrogen-bond donors (Lipinski definition) is 1. The van der Waals surface area contributed by atoms with Gasteiger partial charge in [-0.2, -0.15) is 0 Å². The van der Waals surface area contributed by atoms with Crippen LogP contribution in [0, 0.1) is 0 Å². The molecule has 1 unspecified atom stereocenters. The Labute approximate surface area is 162 Å². The van der Waals surface area contributed by atoms with Crippen LogP contribution in [0.1, 0.15) is 57.6 Å². The molecule has 1 aliphatic rings. The first-order valence-corrected chi connectivity index (χ1v) is 9.69. The molecular weight excluding hydrogens is 336 g/mol. The molecular formula is C23H30N2O2. The molecule has 4 nitrogen and oxygen atoms in total. The standard InChI is InChI=1S/C23H30N2O2/c1-6-11-25-20-13-22(27-5)17(12-18(20)16(2)14-23(25,3)4)15-24-19-9-7-8-10-21(19)26/h7-10,12-13,15-16,26H,6,11,14H2,1-5H3. The summed E-state index contributed by atoms with van der Waals surface area (Å²) in [6.45, 7) is 10.2. The lowest BCUT2D eigenvalue weighted by molar-refractivity contribution is 0.372. The first kappa shape index (κ1) is 19.3. The Kier molecular flexibility index (Phi) is 5.45. The second-order valence-electron chi connectivity index (χ2n) is 7.97. The molecule has 0 spiro atoms. The number of aliphatic imine (C=N–C) groups is 1. The summed E-state index contributed by atoms with van der Waals surface area (Å²) >= 11 is 0. The van der Waals surface area contributed by atoms with E-state index in [2.05, 4.69) is 49.7 Å². The number of methoxy groups -OCH3 is 1. The van der Waals surface area contributed by atoms with E-state index in [1.165, 1.54) is 11.3 Å². The Bertz CT molecular complexity index is 842. The van der Waals surface area contributed by atoms with Crippen molar-refractivity contribution < 1.29 is 9.84 Å². The topological polar surface area (TPSA) is 45.1 Å². The van der Waals surface area contributed by atoms with Gasteiger partial charge in [0.15, 0.2) is 0 Å². The number of phenolic OH excluding ortho intramolecular Hbond substituents is 1. The van der Waals surface area contributed by atoms with Crippen LogP contribution < -0.4 is 9.64 Å². The van der Waals surface area contributed by atoms with Crippen LogP contribution in [0.4, 0.5) is 11.4 Å². The van der Waals surface area contributed by atoms with Gasteiger partial charge in [-0.05, 0) is 56.4 Å². The number of para-hydroxylation sites is 2. The van der Waals surface area contributed by atoms with Gasteiger partial charge in [0, 0.05) is 35.6 Å². The van der Waals surface area contributed by atoms with E-state index in [4.69, 9.17) is 4.74 Å². The Morgan fingerprint density at radius 1 is 1.30 bits per heavy atom. The van der Waals surface area contributed by atoms with Gasteiger partial charge in [0.25, 0.3) is 0 Å². The van der Waals surface area contributed by atoms with Gasteiger partial charge >= 0.3 is 0 Å². The maximum absolute atomic E-state index is 9.95. The Morgan fingerprint density at radius 2 is 2.04 bits per heavy atom. The highest BCUT2D eigenvalue weighted by Crippen LogP contribution is 2.45. The van der Waals surface area contributed by atoms with E-state index in [9.17, 15) is 5.11 Å². The molecule has 0 saturated carbocycles. The summed E-state index contributed by atoms with van der Waals surface area (Å²) in [6, 6.07) is 11.4. The number of fused-ring (bicyclic) bond motifs is 1. The van der Waals surface area contributed by atoms with Crippen molar-refractivity contribution in [3.8, 4) is 11.5 Å². The summed E-state index contributed by atoms with van der Waals surface area (Å²) < 4.78 is 5.68. The molecule has 0 fully saturated rings. The summed E-state index contributed by atoms with van der Waals surface area (Å²) in [5.41, 5.74) is 4.21. The fourth-order valence-corrected chi connectivity index (χ4v) is 4.16. The number of benzene rings is 2. The van der Waals surface area contributed by atoms with Gasteiger partial charge in [0.05, 0.1) is 7.11 Å². The van der Waals surface area contributed by atoms with Gasteiger partial charge in [-0.15, -0.1) is 0 Å². The molecule has 0 bridgehead atoms. The minimum atomic E-state index is 0.124. The smallest absolute Gasteiger partial charge is 0.141 e. The van der Waals surface area contributed by atoms with Gasteiger partial charge < -0.3 is 14.7 Å². The molecule has 144 valence electrons. The fourth-order valence-electron chi connectivity index (χ4n) is 4.16. The third kappa shape index (κ3) is 3.80. The lowest BCUT2D eigenvalue weighted by Gasteiger charge is -2.47. The number of hydrogen-bond acceptors (Lipinski definition) is 4. The van der Waals surface area contributed by atoms with Gasteiger partial charge in [0.1, 0.15) is 17.2 Å². The van der Waals surface area contributed by atoms with Crippen LogP contribution >= 0.6 is 0 Å². The number of anilines is 1. The van der Waals surface area contributed by atoms with E-state index in [1.54, 1.807) is 31.5 Å². The molecule has 1 heterocycles. The van der Waals surface area contributed by atoms with Crippen LogP contribution in [0.15, 0.2) is 41.4 Å². The summed E-state index contributed by atoms with van der Waals surface area (Å²) in [5, 5.41) is 9.95. The summed E-state index contributed by atoms with van der Waals surface area (Å²) in [7, 11) is 1.70. The molecule has 0 aliphatic carbocycles. The van der Waals surface area contributed by atoms with E-state index >= 15 is 0 Å². The molecule has 0 saturated heterocycles. The fraction of sp³-hybridized carbons (Fsp3) is 0.435. The molecule has 0 radical (unpaired) electrons. The third-order valence-electron chi connectivity index (χ3n) is 5.41. The predicted molar refractivity (Wildman–Crippen MR) is 113 cm³/mol. The molecule has 4 heteroatoms. The molecule has 1 aliphatic heterocycles. The first-order chi connectivity index (χ1) is 12.9. The van der Waals surface area contributed by atoms with Crippen LogP contribution in [-0.2, 0) is 0 Å². The minimum absolute atomic E-state index is 0.124. The van der Waals surface area contributed by atoms with Crippen molar-refractivity contribution >= 4 is 17.6 Å². The van der Waals surface area contributed by atoms with E-state index in [0.29, 0.717) is 11.6 Å². The van der Waals surface area contributed by atoms with Crippen LogP contribution in [0.3, 0.4) is 0 Å². The molecule has 0 amide bonds. The van der Waals surface area contributed by atoms with E-state index < -0.39 is 0 Å². The highest BCUT2D eigenvalue weighted by Gasteiger charge is 2.36. The Balaban J connectivity index is 2.06. The maximum atomic E-state index is 9.95. The zero-order valence-electron chi connectivity index (χ0n) is 17.0. The van der Waals surface area contributed by atoms with Crippen molar-refractivity contribution in [3.05, 3.63) is 47.5 Å². The monoisotopic (exact) mass is 366 g/mol. The van der Waals surface area contributed by atoms with E-state index in [0.717, 1.165) is 30.7 Å². The van der Waals surface area contributed by atoms with Crippen LogP contribution in [0.25, 0.3) is 0 Å². The molecule has 27 heavy (non-hydrogen) atoms. The van der Waals surface area contributed by atoms with Gasteiger partial charge in [-0.3, -0.25) is 4.99 Å².